The van der Waals surface area contributed by atoms with Crippen LogP contribution in [0.3, 0.4) is 0 Å². The molecular weight excluding hydrogens is 426 g/mol. The molecule has 1 N–H and O–H groups in total. The molecule has 0 aliphatic rings. The minimum atomic E-state index is -1.19. The molecule has 0 aliphatic heterocycles. The molecule has 1 aromatic heterocycles. The van der Waals surface area contributed by atoms with E-state index in [4.69, 9.17) is 11.6 Å². The molecule has 3 aromatic rings. The molecule has 0 spiro atoms. The normalized spacial score (nSPS) is 12.3. The van der Waals surface area contributed by atoms with Crippen LogP contribution in [0.5, 0.6) is 0 Å². The van der Waals surface area contributed by atoms with Gasteiger partial charge in [-0.15, -0.1) is 0 Å². The first-order chi connectivity index (χ1) is 11.9. The van der Waals surface area contributed by atoms with Crippen molar-refractivity contribution < 1.29 is 4.21 Å². The summed E-state index contributed by atoms with van der Waals surface area (Å²) in [4.78, 5) is 17.7. The van der Waals surface area contributed by atoms with Gasteiger partial charge in [-0.3, -0.25) is 14.4 Å². The standard InChI is InChI=1S/C17H15BrClN3O2S/c1-3-25(24)16-5-4-11(19)7-15(16)21-22-9-20-14-6-10(2)13(18)8-12(14)17(22)23/h4-9,21H,3H2,1-2H3. The number of hydrogen-bond donors (Lipinski definition) is 1. The molecule has 3 rings (SSSR count). The first-order valence-electron chi connectivity index (χ1n) is 7.53. The smallest absolute Gasteiger partial charge is 0.280 e. The zero-order chi connectivity index (χ0) is 18.1. The van der Waals surface area contributed by atoms with Crippen molar-refractivity contribution in [3.8, 4) is 0 Å². The van der Waals surface area contributed by atoms with Crippen LogP contribution in [0.1, 0.15) is 12.5 Å². The second kappa shape index (κ2) is 7.27. The second-order valence-corrected chi connectivity index (χ2v) is 8.42. The molecule has 0 aliphatic carbocycles. The number of halogens is 2. The molecule has 0 amide bonds. The topological polar surface area (TPSA) is 64.0 Å². The van der Waals surface area contributed by atoms with E-state index in [0.717, 1.165) is 10.0 Å². The predicted octanol–water partition coefficient (Wildman–Crippen LogP) is 4.12. The van der Waals surface area contributed by atoms with E-state index < -0.39 is 10.8 Å². The quantitative estimate of drug-likeness (QED) is 0.663. The number of benzene rings is 2. The second-order valence-electron chi connectivity index (χ2n) is 5.42. The van der Waals surface area contributed by atoms with Crippen molar-refractivity contribution in [2.24, 2.45) is 0 Å². The van der Waals surface area contributed by atoms with Gasteiger partial charge in [0.05, 0.1) is 32.3 Å². The molecule has 0 saturated carbocycles. The van der Waals surface area contributed by atoms with E-state index in [1.807, 2.05) is 19.9 Å². The van der Waals surface area contributed by atoms with Crippen LogP contribution < -0.4 is 11.0 Å². The zero-order valence-corrected chi connectivity index (χ0v) is 16.7. The van der Waals surface area contributed by atoms with Crippen molar-refractivity contribution in [2.75, 3.05) is 11.2 Å². The molecular formula is C17H15BrClN3O2S. The molecule has 8 heteroatoms. The number of nitrogens with one attached hydrogen (secondary N) is 1. The summed E-state index contributed by atoms with van der Waals surface area (Å²) in [7, 11) is -1.19. The van der Waals surface area contributed by atoms with Gasteiger partial charge in [-0.25, -0.2) is 9.66 Å². The molecule has 1 heterocycles. The lowest BCUT2D eigenvalue weighted by molar-refractivity contribution is 0.684. The van der Waals surface area contributed by atoms with Gasteiger partial charge in [0.2, 0.25) is 0 Å². The van der Waals surface area contributed by atoms with E-state index in [0.29, 0.717) is 32.3 Å². The van der Waals surface area contributed by atoms with Crippen molar-refractivity contribution in [2.45, 2.75) is 18.7 Å². The Balaban J connectivity index is 2.12. The van der Waals surface area contributed by atoms with Gasteiger partial charge in [0.15, 0.2) is 0 Å². The Morgan fingerprint density at radius 1 is 1.32 bits per heavy atom. The number of nitrogens with zero attached hydrogens (tertiary/aromatic N) is 2. The number of hydrogen-bond acceptors (Lipinski definition) is 4. The SMILES string of the molecule is CCS(=O)c1ccc(Cl)cc1Nn1cnc2cc(C)c(Br)cc2c1=O. The maximum atomic E-state index is 12.8. The highest BCUT2D eigenvalue weighted by Gasteiger charge is 2.12. The monoisotopic (exact) mass is 439 g/mol. The van der Waals surface area contributed by atoms with Crippen molar-refractivity contribution in [3.05, 3.63) is 62.1 Å². The summed E-state index contributed by atoms with van der Waals surface area (Å²) in [6.45, 7) is 3.77. The number of rotatable bonds is 4. The van der Waals surface area contributed by atoms with E-state index in [1.165, 1.54) is 11.0 Å². The summed E-state index contributed by atoms with van der Waals surface area (Å²) in [6.07, 6.45) is 1.41. The Morgan fingerprint density at radius 3 is 2.80 bits per heavy atom. The van der Waals surface area contributed by atoms with E-state index >= 15 is 0 Å². The average Bonchev–Trinajstić information content (AvgIpc) is 2.59. The molecule has 5 nitrogen and oxygen atoms in total. The fraction of sp³-hybridized carbons (Fsp3) is 0.176. The fourth-order valence-electron chi connectivity index (χ4n) is 2.40. The minimum Gasteiger partial charge on any atom is -0.289 e. The van der Waals surface area contributed by atoms with Gasteiger partial charge in [-0.05, 0) is 42.8 Å². The van der Waals surface area contributed by atoms with Crippen LogP contribution in [0.4, 0.5) is 5.69 Å². The summed E-state index contributed by atoms with van der Waals surface area (Å²) in [5.74, 6) is 0.466. The Labute approximate surface area is 160 Å². The first-order valence-corrected chi connectivity index (χ1v) is 10.0. The van der Waals surface area contributed by atoms with Gasteiger partial charge < -0.3 is 0 Å². The fourth-order valence-corrected chi connectivity index (χ4v) is 3.80. The van der Waals surface area contributed by atoms with Crippen molar-refractivity contribution in [1.29, 1.82) is 0 Å². The van der Waals surface area contributed by atoms with E-state index in [9.17, 15) is 9.00 Å². The molecule has 0 bridgehead atoms. The van der Waals surface area contributed by atoms with Crippen molar-refractivity contribution in [1.82, 2.24) is 9.66 Å². The summed E-state index contributed by atoms with van der Waals surface area (Å²) in [6, 6.07) is 8.62. The Hall–Kier alpha value is -1.70. The van der Waals surface area contributed by atoms with E-state index in [1.54, 1.807) is 24.3 Å². The Bertz CT molecular complexity index is 1050. The van der Waals surface area contributed by atoms with Gasteiger partial charge in [-0.1, -0.05) is 34.5 Å². The largest absolute Gasteiger partial charge is 0.289 e. The first kappa shape index (κ1) is 18.1. The predicted molar refractivity (Wildman–Crippen MR) is 106 cm³/mol. The summed E-state index contributed by atoms with van der Waals surface area (Å²) < 4.78 is 14.3. The molecule has 130 valence electrons. The third-order valence-corrected chi connectivity index (χ3v) is 6.19. The maximum Gasteiger partial charge on any atom is 0.280 e. The van der Waals surface area contributed by atoms with Crippen LogP contribution in [0.2, 0.25) is 5.02 Å². The van der Waals surface area contributed by atoms with Crippen LogP contribution in [0.15, 0.2) is 50.8 Å². The summed E-state index contributed by atoms with van der Waals surface area (Å²) in [5, 5.41) is 0.965. The Morgan fingerprint density at radius 2 is 2.08 bits per heavy atom. The molecule has 25 heavy (non-hydrogen) atoms. The van der Waals surface area contributed by atoms with Gasteiger partial charge in [0, 0.05) is 15.2 Å². The van der Waals surface area contributed by atoms with Crippen molar-refractivity contribution in [3.63, 3.8) is 0 Å². The zero-order valence-electron chi connectivity index (χ0n) is 13.5. The number of anilines is 1. The molecule has 0 radical (unpaired) electrons. The highest BCUT2D eigenvalue weighted by molar-refractivity contribution is 9.10. The molecule has 0 saturated heterocycles. The van der Waals surface area contributed by atoms with E-state index in [-0.39, 0.29) is 5.56 Å². The van der Waals surface area contributed by atoms with Crippen molar-refractivity contribution >= 4 is 54.9 Å². The highest BCUT2D eigenvalue weighted by atomic mass is 79.9. The highest BCUT2D eigenvalue weighted by Crippen LogP contribution is 2.25. The third kappa shape index (κ3) is 3.63. The maximum absolute atomic E-state index is 12.8. The molecule has 1 atom stereocenters. The van der Waals surface area contributed by atoms with E-state index in [2.05, 4.69) is 26.3 Å². The lowest BCUT2D eigenvalue weighted by Crippen LogP contribution is -2.27. The number of aromatic nitrogens is 2. The lowest BCUT2D eigenvalue weighted by atomic mass is 10.2. The van der Waals surface area contributed by atoms with Gasteiger partial charge in [0.1, 0.15) is 6.33 Å². The Kier molecular flexibility index (Phi) is 5.27. The number of aryl methyl sites for hydroxylation is 1. The molecule has 0 fully saturated rings. The summed E-state index contributed by atoms with van der Waals surface area (Å²) >= 11 is 9.49. The third-order valence-electron chi connectivity index (χ3n) is 3.73. The van der Waals surface area contributed by atoms with Crippen LogP contribution in [0.25, 0.3) is 10.9 Å². The molecule has 1 unspecified atom stereocenters. The van der Waals surface area contributed by atoms with Gasteiger partial charge in [0.25, 0.3) is 5.56 Å². The van der Waals surface area contributed by atoms with Crippen LogP contribution >= 0.6 is 27.5 Å². The summed E-state index contributed by atoms with van der Waals surface area (Å²) in [5.41, 5.74) is 4.86. The number of fused-ring (bicyclic) bond motifs is 1. The molecule has 2 aromatic carbocycles. The van der Waals surface area contributed by atoms with Gasteiger partial charge in [-0.2, -0.15) is 0 Å². The lowest BCUT2D eigenvalue weighted by Gasteiger charge is -2.14. The average molecular weight is 441 g/mol. The van der Waals surface area contributed by atoms with Crippen LogP contribution in [-0.4, -0.2) is 19.6 Å². The van der Waals surface area contributed by atoms with Gasteiger partial charge >= 0.3 is 0 Å². The minimum absolute atomic E-state index is 0.251. The van der Waals surface area contributed by atoms with Crippen LogP contribution in [-0.2, 0) is 10.8 Å². The van der Waals surface area contributed by atoms with Crippen LogP contribution in [0, 0.1) is 6.92 Å².